The zero-order chi connectivity index (χ0) is 16.8. The fourth-order valence-corrected chi connectivity index (χ4v) is 2.75. The van der Waals surface area contributed by atoms with E-state index in [1.807, 2.05) is 48.5 Å². The summed E-state index contributed by atoms with van der Waals surface area (Å²) >= 11 is 5.97. The summed E-state index contributed by atoms with van der Waals surface area (Å²) in [5, 5.41) is 6.88. The minimum atomic E-state index is 0. The van der Waals surface area contributed by atoms with Crippen LogP contribution in [-0.2, 0) is 17.8 Å². The molecule has 4 nitrogen and oxygen atoms in total. The Labute approximate surface area is 159 Å². The lowest BCUT2D eigenvalue weighted by Crippen LogP contribution is -2.48. The van der Waals surface area contributed by atoms with E-state index in [-0.39, 0.29) is 18.3 Å². The van der Waals surface area contributed by atoms with E-state index in [0.717, 1.165) is 36.5 Å². The first-order valence-electron chi connectivity index (χ1n) is 8.12. The Kier molecular flexibility index (Phi) is 7.56. The number of amides is 1. The van der Waals surface area contributed by atoms with Gasteiger partial charge in [-0.3, -0.25) is 4.79 Å². The average Bonchev–Trinajstić information content (AvgIpc) is 2.52. The molecule has 0 unspecified atom stereocenters. The van der Waals surface area contributed by atoms with E-state index in [1.54, 1.807) is 0 Å². The normalized spacial score (nSPS) is 13.5. The maximum atomic E-state index is 12.0. The first-order chi connectivity index (χ1) is 11.7. The van der Waals surface area contributed by atoms with Crippen LogP contribution in [0.15, 0.2) is 48.5 Å². The molecule has 0 radical (unpaired) electrons. The van der Waals surface area contributed by atoms with Gasteiger partial charge in [0, 0.05) is 30.6 Å². The van der Waals surface area contributed by atoms with Crippen molar-refractivity contribution in [1.82, 2.24) is 10.6 Å². The average molecular weight is 381 g/mol. The van der Waals surface area contributed by atoms with Crippen LogP contribution in [-0.4, -0.2) is 25.5 Å². The second-order valence-corrected chi connectivity index (χ2v) is 6.51. The Hall–Kier alpha value is -1.75. The molecule has 1 fully saturated rings. The van der Waals surface area contributed by atoms with E-state index in [9.17, 15) is 4.79 Å². The summed E-state index contributed by atoms with van der Waals surface area (Å²) in [5.41, 5.74) is 1.96. The third-order valence-corrected chi connectivity index (χ3v) is 4.25. The van der Waals surface area contributed by atoms with Crippen LogP contribution in [0.1, 0.15) is 11.1 Å². The molecule has 0 aromatic heterocycles. The second-order valence-electron chi connectivity index (χ2n) is 6.07. The van der Waals surface area contributed by atoms with Crippen LogP contribution < -0.4 is 15.4 Å². The summed E-state index contributed by atoms with van der Waals surface area (Å²) < 4.78 is 5.80. The van der Waals surface area contributed by atoms with Crippen LogP contribution >= 0.6 is 24.0 Å². The lowest BCUT2D eigenvalue weighted by molar-refractivity contribution is -0.120. The van der Waals surface area contributed by atoms with Gasteiger partial charge in [0.25, 0.3) is 0 Å². The number of ether oxygens (including phenoxy) is 1. The van der Waals surface area contributed by atoms with Gasteiger partial charge >= 0.3 is 0 Å². The highest BCUT2D eigenvalue weighted by molar-refractivity contribution is 6.30. The summed E-state index contributed by atoms with van der Waals surface area (Å²) in [7, 11) is 0. The Bertz CT molecular complexity index is 705. The number of benzene rings is 2. The SMILES string of the molecule is Cl.O=C(Cc1cccc(OCc2cccc(Cl)c2)c1)NCC1CNC1. The minimum Gasteiger partial charge on any atom is -0.489 e. The topological polar surface area (TPSA) is 50.4 Å². The van der Waals surface area contributed by atoms with Gasteiger partial charge < -0.3 is 15.4 Å². The van der Waals surface area contributed by atoms with E-state index in [0.29, 0.717) is 24.0 Å². The van der Waals surface area contributed by atoms with Crippen LogP contribution in [0.25, 0.3) is 0 Å². The van der Waals surface area contributed by atoms with Crippen molar-refractivity contribution < 1.29 is 9.53 Å². The largest absolute Gasteiger partial charge is 0.489 e. The van der Waals surface area contributed by atoms with E-state index in [1.165, 1.54) is 0 Å². The number of carbonyl (C=O) groups is 1. The van der Waals surface area contributed by atoms with E-state index in [4.69, 9.17) is 16.3 Å². The molecule has 0 atom stereocenters. The highest BCUT2D eigenvalue weighted by atomic mass is 35.5. The van der Waals surface area contributed by atoms with Gasteiger partial charge in [-0.05, 0) is 35.4 Å². The smallest absolute Gasteiger partial charge is 0.224 e. The van der Waals surface area contributed by atoms with Crippen molar-refractivity contribution in [3.63, 3.8) is 0 Å². The molecular formula is C19H22Cl2N2O2. The number of hydrogen-bond donors (Lipinski definition) is 2. The van der Waals surface area contributed by atoms with Gasteiger partial charge in [-0.1, -0.05) is 35.9 Å². The lowest BCUT2D eigenvalue weighted by atomic mass is 10.0. The number of halogens is 2. The Balaban J connectivity index is 0.00000225. The zero-order valence-electron chi connectivity index (χ0n) is 13.8. The van der Waals surface area contributed by atoms with Crippen molar-refractivity contribution in [2.75, 3.05) is 19.6 Å². The third kappa shape index (κ3) is 6.24. The highest BCUT2D eigenvalue weighted by Crippen LogP contribution is 2.17. The third-order valence-electron chi connectivity index (χ3n) is 4.01. The zero-order valence-corrected chi connectivity index (χ0v) is 15.4. The van der Waals surface area contributed by atoms with Crippen molar-refractivity contribution in [2.45, 2.75) is 13.0 Å². The number of rotatable bonds is 7. The molecule has 1 aliphatic rings. The molecule has 1 aliphatic heterocycles. The van der Waals surface area contributed by atoms with Crippen molar-refractivity contribution >= 4 is 29.9 Å². The number of carbonyl (C=O) groups excluding carboxylic acids is 1. The monoisotopic (exact) mass is 380 g/mol. The fraction of sp³-hybridized carbons (Fsp3) is 0.316. The van der Waals surface area contributed by atoms with Crippen LogP contribution in [0.3, 0.4) is 0 Å². The molecule has 25 heavy (non-hydrogen) atoms. The molecule has 134 valence electrons. The first-order valence-corrected chi connectivity index (χ1v) is 8.50. The molecule has 1 saturated heterocycles. The van der Waals surface area contributed by atoms with E-state index >= 15 is 0 Å². The van der Waals surface area contributed by atoms with Gasteiger partial charge in [-0.15, -0.1) is 12.4 Å². The fourth-order valence-electron chi connectivity index (χ4n) is 2.54. The van der Waals surface area contributed by atoms with Crippen molar-refractivity contribution in [1.29, 1.82) is 0 Å². The first kappa shape index (κ1) is 19.6. The molecule has 0 bridgehead atoms. The second kappa shape index (κ2) is 9.66. The summed E-state index contributed by atoms with van der Waals surface area (Å²) in [6, 6.07) is 15.2. The highest BCUT2D eigenvalue weighted by Gasteiger charge is 2.17. The Morgan fingerprint density at radius 3 is 2.64 bits per heavy atom. The molecule has 2 aromatic rings. The van der Waals surface area contributed by atoms with E-state index < -0.39 is 0 Å². The lowest BCUT2D eigenvalue weighted by Gasteiger charge is -2.27. The van der Waals surface area contributed by atoms with Crippen LogP contribution in [0.5, 0.6) is 5.75 Å². The molecule has 2 aromatic carbocycles. The molecular weight excluding hydrogens is 359 g/mol. The predicted molar refractivity (Wildman–Crippen MR) is 103 cm³/mol. The minimum absolute atomic E-state index is 0. The van der Waals surface area contributed by atoms with Crippen LogP contribution in [0.2, 0.25) is 5.02 Å². The maximum absolute atomic E-state index is 12.0. The predicted octanol–water partition coefficient (Wildman–Crippen LogP) is 3.22. The molecule has 6 heteroatoms. The summed E-state index contributed by atoms with van der Waals surface area (Å²) in [6.07, 6.45) is 0.370. The van der Waals surface area contributed by atoms with Crippen molar-refractivity contribution in [3.05, 3.63) is 64.7 Å². The molecule has 1 amide bonds. The van der Waals surface area contributed by atoms with Crippen LogP contribution in [0, 0.1) is 5.92 Å². The molecule has 2 N–H and O–H groups in total. The van der Waals surface area contributed by atoms with Gasteiger partial charge in [0.1, 0.15) is 12.4 Å². The Morgan fingerprint density at radius 1 is 1.16 bits per heavy atom. The molecule has 0 spiro atoms. The van der Waals surface area contributed by atoms with E-state index in [2.05, 4.69) is 10.6 Å². The summed E-state index contributed by atoms with van der Waals surface area (Å²) in [5.74, 6) is 1.37. The molecule has 1 heterocycles. The molecule has 0 aliphatic carbocycles. The summed E-state index contributed by atoms with van der Waals surface area (Å²) in [4.78, 5) is 12.0. The van der Waals surface area contributed by atoms with Gasteiger partial charge in [-0.25, -0.2) is 0 Å². The van der Waals surface area contributed by atoms with Gasteiger partial charge in [0.15, 0.2) is 0 Å². The molecule has 0 saturated carbocycles. The quantitative estimate of drug-likeness (QED) is 0.775. The number of hydrogen-bond acceptors (Lipinski definition) is 3. The van der Waals surface area contributed by atoms with Gasteiger partial charge in [0.05, 0.1) is 6.42 Å². The van der Waals surface area contributed by atoms with Crippen molar-refractivity contribution in [3.8, 4) is 5.75 Å². The standard InChI is InChI=1S/C19H21ClN2O2.ClH/c20-17-5-1-4-15(7-17)13-24-18-6-2-3-14(8-18)9-19(23)22-12-16-10-21-11-16;/h1-8,16,21H,9-13H2,(H,22,23);1H. The van der Waals surface area contributed by atoms with Gasteiger partial charge in [0.2, 0.25) is 5.91 Å². The Morgan fingerprint density at radius 2 is 1.92 bits per heavy atom. The maximum Gasteiger partial charge on any atom is 0.224 e. The molecule has 3 rings (SSSR count). The van der Waals surface area contributed by atoms with Crippen molar-refractivity contribution in [2.24, 2.45) is 5.92 Å². The van der Waals surface area contributed by atoms with Crippen LogP contribution in [0.4, 0.5) is 0 Å². The van der Waals surface area contributed by atoms with Gasteiger partial charge in [-0.2, -0.15) is 0 Å². The number of nitrogens with one attached hydrogen (secondary N) is 2. The summed E-state index contributed by atoms with van der Waals surface area (Å²) in [6.45, 7) is 3.18.